The minimum Gasteiger partial charge on any atom is -0.350 e. The smallest absolute Gasteiger partial charge is 0.259 e. The molecule has 102 valence electrons. The van der Waals surface area contributed by atoms with Crippen LogP contribution in [0.5, 0.6) is 0 Å². The molecule has 0 aliphatic carbocycles. The number of hydrogen-bond donors (Lipinski definition) is 2. The highest BCUT2D eigenvalue weighted by atomic mass is 16.1. The summed E-state index contributed by atoms with van der Waals surface area (Å²) >= 11 is 0. The van der Waals surface area contributed by atoms with Gasteiger partial charge in [-0.1, -0.05) is 25.1 Å². The fourth-order valence-electron chi connectivity index (χ4n) is 2.31. The maximum absolute atomic E-state index is 12.4. The summed E-state index contributed by atoms with van der Waals surface area (Å²) in [6, 6.07) is 9.69. The lowest BCUT2D eigenvalue weighted by molar-refractivity contribution is 0.102. The van der Waals surface area contributed by atoms with Crippen LogP contribution in [-0.2, 0) is 13.5 Å². The highest BCUT2D eigenvalue weighted by Crippen LogP contribution is 2.21. The molecule has 0 fully saturated rings. The highest BCUT2D eigenvalue weighted by molar-refractivity contribution is 6.12. The van der Waals surface area contributed by atoms with Crippen LogP contribution in [0.3, 0.4) is 0 Å². The molecule has 0 saturated carbocycles. The molecular formula is C15H16N4O. The van der Waals surface area contributed by atoms with Crippen LogP contribution in [0.1, 0.15) is 23.0 Å². The topological polar surface area (TPSA) is 62.7 Å². The van der Waals surface area contributed by atoms with Gasteiger partial charge in [0.05, 0.1) is 5.56 Å². The number of benzene rings is 1. The van der Waals surface area contributed by atoms with Crippen molar-refractivity contribution in [2.75, 3.05) is 5.32 Å². The van der Waals surface area contributed by atoms with Crippen molar-refractivity contribution < 1.29 is 4.79 Å². The number of nitrogens with zero attached hydrogens (tertiary/aromatic N) is 2. The number of aromatic nitrogens is 3. The van der Waals surface area contributed by atoms with E-state index in [1.807, 2.05) is 55.1 Å². The second-order valence-corrected chi connectivity index (χ2v) is 4.76. The van der Waals surface area contributed by atoms with E-state index in [2.05, 4.69) is 15.5 Å². The Balaban J connectivity index is 1.92. The van der Waals surface area contributed by atoms with Crippen molar-refractivity contribution in [1.82, 2.24) is 14.8 Å². The van der Waals surface area contributed by atoms with Crippen molar-refractivity contribution in [3.8, 4) is 0 Å². The Morgan fingerprint density at radius 3 is 2.95 bits per heavy atom. The van der Waals surface area contributed by atoms with Gasteiger partial charge in [0.2, 0.25) is 0 Å². The largest absolute Gasteiger partial charge is 0.350 e. The van der Waals surface area contributed by atoms with Gasteiger partial charge in [-0.15, -0.1) is 0 Å². The van der Waals surface area contributed by atoms with Gasteiger partial charge in [-0.05, 0) is 12.5 Å². The first-order chi connectivity index (χ1) is 9.69. The maximum atomic E-state index is 12.4. The quantitative estimate of drug-likeness (QED) is 0.767. The Hall–Kier alpha value is -2.56. The third-order valence-electron chi connectivity index (χ3n) is 3.39. The number of aromatic amines is 1. The Kier molecular flexibility index (Phi) is 3.02. The fraction of sp³-hybridized carbons (Fsp3) is 0.200. The van der Waals surface area contributed by atoms with E-state index in [0.717, 1.165) is 23.0 Å². The van der Waals surface area contributed by atoms with Gasteiger partial charge in [-0.25, -0.2) is 0 Å². The molecular weight excluding hydrogens is 252 g/mol. The average Bonchev–Trinajstić information content (AvgIpc) is 3.04. The number of para-hydroxylation sites is 1. The molecule has 20 heavy (non-hydrogen) atoms. The van der Waals surface area contributed by atoms with Crippen molar-refractivity contribution in [3.05, 3.63) is 47.8 Å². The predicted octanol–water partition coefficient (Wildman–Crippen LogP) is 2.72. The van der Waals surface area contributed by atoms with E-state index in [1.54, 1.807) is 0 Å². The minimum absolute atomic E-state index is 0.143. The van der Waals surface area contributed by atoms with Crippen molar-refractivity contribution in [2.24, 2.45) is 7.05 Å². The molecule has 2 heterocycles. The van der Waals surface area contributed by atoms with Gasteiger partial charge in [0.15, 0.2) is 5.82 Å². The number of H-pyrrole nitrogens is 1. The van der Waals surface area contributed by atoms with Crippen LogP contribution in [0.4, 0.5) is 5.82 Å². The average molecular weight is 268 g/mol. The monoisotopic (exact) mass is 268 g/mol. The van der Waals surface area contributed by atoms with Crippen LogP contribution in [0.2, 0.25) is 0 Å². The Labute approximate surface area is 116 Å². The number of nitrogens with one attached hydrogen (secondary N) is 2. The summed E-state index contributed by atoms with van der Waals surface area (Å²) < 4.78 is 1.95. The molecule has 0 spiro atoms. The molecule has 2 N–H and O–H groups in total. The van der Waals surface area contributed by atoms with Crippen LogP contribution in [0, 0.1) is 0 Å². The van der Waals surface area contributed by atoms with Crippen LogP contribution in [0.15, 0.2) is 36.5 Å². The first-order valence-corrected chi connectivity index (χ1v) is 6.58. The van der Waals surface area contributed by atoms with Gasteiger partial charge in [-0.3, -0.25) is 9.89 Å². The first kappa shape index (κ1) is 12.5. The molecule has 3 rings (SSSR count). The maximum Gasteiger partial charge on any atom is 0.259 e. The van der Waals surface area contributed by atoms with E-state index in [4.69, 9.17) is 0 Å². The van der Waals surface area contributed by atoms with Gasteiger partial charge in [0.25, 0.3) is 5.91 Å². The zero-order chi connectivity index (χ0) is 14.1. The number of amides is 1. The van der Waals surface area contributed by atoms with Crippen LogP contribution >= 0.6 is 0 Å². The number of rotatable bonds is 3. The van der Waals surface area contributed by atoms with E-state index in [-0.39, 0.29) is 5.91 Å². The van der Waals surface area contributed by atoms with E-state index >= 15 is 0 Å². The highest BCUT2D eigenvalue weighted by Gasteiger charge is 2.14. The summed E-state index contributed by atoms with van der Waals surface area (Å²) in [5.41, 5.74) is 2.69. The second kappa shape index (κ2) is 4.85. The van der Waals surface area contributed by atoms with Crippen molar-refractivity contribution in [3.63, 3.8) is 0 Å². The normalized spacial score (nSPS) is 10.9. The SMILES string of the molecule is CCc1cc(NC(=O)c2cn(C)c3ccccc23)n[nH]1. The lowest BCUT2D eigenvalue weighted by Gasteiger charge is -1.99. The number of carbonyl (C=O) groups excluding carboxylic acids is 1. The summed E-state index contributed by atoms with van der Waals surface area (Å²) in [5, 5.41) is 10.7. The Morgan fingerprint density at radius 1 is 1.40 bits per heavy atom. The molecule has 5 nitrogen and oxygen atoms in total. The fourth-order valence-corrected chi connectivity index (χ4v) is 2.31. The standard InChI is InChI=1S/C15H16N4O/c1-3-10-8-14(18-17-10)16-15(20)12-9-19(2)13-7-5-4-6-11(12)13/h4-9H,3H2,1-2H3,(H2,16,17,18,20). The van der Waals surface area contributed by atoms with Crippen LogP contribution < -0.4 is 5.32 Å². The molecule has 0 aliphatic heterocycles. The van der Waals surface area contributed by atoms with Crippen molar-refractivity contribution in [1.29, 1.82) is 0 Å². The lowest BCUT2D eigenvalue weighted by Crippen LogP contribution is -2.11. The minimum atomic E-state index is -0.143. The van der Waals surface area contributed by atoms with E-state index in [9.17, 15) is 4.79 Å². The number of aryl methyl sites for hydroxylation is 2. The molecule has 1 amide bonds. The molecule has 1 aromatic carbocycles. The van der Waals surface area contributed by atoms with E-state index < -0.39 is 0 Å². The summed E-state index contributed by atoms with van der Waals surface area (Å²) in [5.74, 6) is 0.413. The number of carbonyl (C=O) groups is 1. The van der Waals surface area contributed by atoms with E-state index in [0.29, 0.717) is 11.4 Å². The zero-order valence-corrected chi connectivity index (χ0v) is 11.5. The van der Waals surface area contributed by atoms with Crippen molar-refractivity contribution in [2.45, 2.75) is 13.3 Å². The van der Waals surface area contributed by atoms with Gasteiger partial charge < -0.3 is 9.88 Å². The predicted molar refractivity (Wildman–Crippen MR) is 78.8 cm³/mol. The molecule has 0 aliphatic rings. The van der Waals surface area contributed by atoms with E-state index in [1.165, 1.54) is 0 Å². The Bertz CT molecular complexity index is 769. The van der Waals surface area contributed by atoms with Crippen LogP contribution in [0.25, 0.3) is 10.9 Å². The lowest BCUT2D eigenvalue weighted by atomic mass is 10.1. The summed E-state index contributed by atoms with van der Waals surface area (Å²) in [4.78, 5) is 12.4. The third kappa shape index (κ3) is 2.07. The molecule has 0 atom stereocenters. The van der Waals surface area contributed by atoms with Crippen LogP contribution in [-0.4, -0.2) is 20.7 Å². The van der Waals surface area contributed by atoms with Crippen molar-refractivity contribution >= 4 is 22.6 Å². The second-order valence-electron chi connectivity index (χ2n) is 4.76. The first-order valence-electron chi connectivity index (χ1n) is 6.58. The summed E-state index contributed by atoms with van der Waals surface area (Å²) in [6.45, 7) is 2.03. The van der Waals surface area contributed by atoms with Gasteiger partial charge >= 0.3 is 0 Å². The summed E-state index contributed by atoms with van der Waals surface area (Å²) in [7, 11) is 1.93. The third-order valence-corrected chi connectivity index (χ3v) is 3.39. The molecule has 0 unspecified atom stereocenters. The summed E-state index contributed by atoms with van der Waals surface area (Å²) in [6.07, 6.45) is 2.70. The molecule has 5 heteroatoms. The number of fused-ring (bicyclic) bond motifs is 1. The van der Waals surface area contributed by atoms with Gasteiger partial charge in [-0.2, -0.15) is 5.10 Å². The number of anilines is 1. The molecule has 0 saturated heterocycles. The molecule has 0 bridgehead atoms. The Morgan fingerprint density at radius 2 is 2.20 bits per heavy atom. The molecule has 0 radical (unpaired) electrons. The molecule has 2 aromatic heterocycles. The molecule has 3 aromatic rings. The van der Waals surface area contributed by atoms with Gasteiger partial charge in [0.1, 0.15) is 0 Å². The zero-order valence-electron chi connectivity index (χ0n) is 11.5. The van der Waals surface area contributed by atoms with Gasteiger partial charge in [0, 0.05) is 35.9 Å². The number of hydrogen-bond acceptors (Lipinski definition) is 2.